The van der Waals surface area contributed by atoms with Crippen LogP contribution < -0.4 is 5.32 Å². The highest BCUT2D eigenvalue weighted by molar-refractivity contribution is 5.90. The number of carboxylic acids is 1. The van der Waals surface area contributed by atoms with Crippen LogP contribution in [0.5, 0.6) is 0 Å². The Morgan fingerprint density at radius 2 is 1.82 bits per heavy atom. The zero-order valence-electron chi connectivity index (χ0n) is 19.2. The molecule has 0 fully saturated rings. The third kappa shape index (κ3) is 8.46. The van der Waals surface area contributed by atoms with Gasteiger partial charge >= 0.3 is 12.0 Å². The number of amides is 2. The van der Waals surface area contributed by atoms with E-state index < -0.39 is 23.6 Å². The maximum absolute atomic E-state index is 14.0. The van der Waals surface area contributed by atoms with Gasteiger partial charge in [-0.2, -0.15) is 0 Å². The molecule has 2 amide bonds. The van der Waals surface area contributed by atoms with Crippen molar-refractivity contribution in [1.29, 1.82) is 0 Å². The molecule has 0 spiro atoms. The largest absolute Gasteiger partial charge is 0.478 e. The number of benzene rings is 2. The Balaban J connectivity index is 2.20. The van der Waals surface area contributed by atoms with Crippen LogP contribution in [0.15, 0.2) is 36.4 Å². The average Bonchev–Trinajstić information content (AvgIpc) is 2.78. The minimum Gasteiger partial charge on any atom is -0.478 e. The van der Waals surface area contributed by atoms with Crippen molar-refractivity contribution in [1.82, 2.24) is 4.90 Å². The topological polar surface area (TPSA) is 78.9 Å². The van der Waals surface area contributed by atoms with Crippen molar-refractivity contribution in [2.45, 2.75) is 52.0 Å². The van der Waals surface area contributed by atoms with Crippen LogP contribution in [0.25, 0.3) is 0 Å². The smallest absolute Gasteiger partial charge is 0.335 e. The lowest BCUT2D eigenvalue weighted by Gasteiger charge is -2.24. The van der Waals surface area contributed by atoms with Crippen molar-refractivity contribution < 1.29 is 28.2 Å². The molecule has 180 valence electrons. The fraction of sp³-hybridized carbons (Fsp3) is 0.440. The van der Waals surface area contributed by atoms with E-state index in [1.165, 1.54) is 12.1 Å². The molecular formula is C25H32F2N2O4. The average molecular weight is 463 g/mol. The Morgan fingerprint density at radius 3 is 2.48 bits per heavy atom. The van der Waals surface area contributed by atoms with Crippen molar-refractivity contribution in [3.8, 4) is 0 Å². The number of nitrogens with zero attached hydrogens (tertiary/aromatic N) is 1. The van der Waals surface area contributed by atoms with Crippen molar-refractivity contribution in [2.75, 3.05) is 25.6 Å². The van der Waals surface area contributed by atoms with Crippen LogP contribution in [0, 0.1) is 11.6 Å². The first kappa shape index (κ1) is 26.3. The first-order valence-corrected chi connectivity index (χ1v) is 11.2. The lowest BCUT2D eigenvalue weighted by Crippen LogP contribution is -2.35. The summed E-state index contributed by atoms with van der Waals surface area (Å²) in [6.45, 7) is 3.17. The summed E-state index contributed by atoms with van der Waals surface area (Å²) in [5.41, 5.74) is 1.48. The summed E-state index contributed by atoms with van der Waals surface area (Å²) in [5, 5.41) is 12.0. The van der Waals surface area contributed by atoms with Crippen molar-refractivity contribution in [3.05, 3.63) is 64.7 Å². The molecule has 0 unspecified atom stereocenters. The number of methoxy groups -OCH3 is 1. The van der Waals surface area contributed by atoms with Gasteiger partial charge in [-0.25, -0.2) is 18.4 Å². The summed E-state index contributed by atoms with van der Waals surface area (Å²) in [7, 11) is 1.55. The number of halogens is 2. The minimum atomic E-state index is -1.02. The van der Waals surface area contributed by atoms with E-state index in [2.05, 4.69) is 12.2 Å². The fourth-order valence-corrected chi connectivity index (χ4v) is 3.54. The number of carboxylic acid groups (broad SMARTS) is 1. The van der Waals surface area contributed by atoms with Crippen LogP contribution in [0.3, 0.4) is 0 Å². The summed E-state index contributed by atoms with van der Waals surface area (Å²) in [6, 6.07) is 7.45. The van der Waals surface area contributed by atoms with Gasteiger partial charge in [-0.05, 0) is 42.2 Å². The molecule has 0 radical (unpaired) electrons. The molecule has 33 heavy (non-hydrogen) atoms. The summed E-state index contributed by atoms with van der Waals surface area (Å²) in [6.07, 6.45) is 5.45. The number of nitrogens with one attached hydrogen (secondary N) is 1. The van der Waals surface area contributed by atoms with E-state index in [9.17, 15) is 23.5 Å². The second-order valence-electron chi connectivity index (χ2n) is 7.93. The number of carbonyl (C=O) groups excluding carboxylic acids is 1. The molecule has 0 saturated carbocycles. The zero-order chi connectivity index (χ0) is 24.2. The van der Waals surface area contributed by atoms with Gasteiger partial charge < -0.3 is 20.1 Å². The Hall–Kier alpha value is -3.00. The Morgan fingerprint density at radius 1 is 1.06 bits per heavy atom. The molecule has 0 atom stereocenters. The van der Waals surface area contributed by atoms with Gasteiger partial charge in [0, 0.05) is 26.3 Å². The maximum atomic E-state index is 14.0. The molecule has 6 nitrogen and oxygen atoms in total. The van der Waals surface area contributed by atoms with E-state index in [0.717, 1.165) is 49.8 Å². The SMILES string of the molecule is CCCCCCCN(Cc1ccc(C(=O)O)c(CCOC)c1)C(=O)Nc1ccc(F)cc1F. The van der Waals surface area contributed by atoms with Crippen LogP contribution in [0.2, 0.25) is 0 Å². The number of anilines is 1. The normalized spacial score (nSPS) is 10.8. The van der Waals surface area contributed by atoms with Gasteiger partial charge in [0.05, 0.1) is 17.9 Å². The molecule has 0 saturated heterocycles. The predicted molar refractivity (Wildman–Crippen MR) is 124 cm³/mol. The molecule has 0 bridgehead atoms. The second-order valence-corrected chi connectivity index (χ2v) is 7.93. The number of unbranched alkanes of at least 4 members (excludes halogenated alkanes) is 4. The first-order chi connectivity index (χ1) is 15.8. The van der Waals surface area contributed by atoms with E-state index in [0.29, 0.717) is 25.1 Å². The molecule has 0 aliphatic rings. The highest BCUT2D eigenvalue weighted by Crippen LogP contribution is 2.19. The van der Waals surface area contributed by atoms with Crippen molar-refractivity contribution >= 4 is 17.7 Å². The van der Waals surface area contributed by atoms with Crippen LogP contribution >= 0.6 is 0 Å². The van der Waals surface area contributed by atoms with Gasteiger partial charge in [-0.15, -0.1) is 0 Å². The van der Waals surface area contributed by atoms with Gasteiger partial charge in [0.25, 0.3) is 0 Å². The Kier molecular flexibility index (Phi) is 10.8. The van der Waals surface area contributed by atoms with Gasteiger partial charge in [-0.1, -0.05) is 44.7 Å². The number of aromatic carboxylic acids is 1. The second kappa shape index (κ2) is 13.5. The first-order valence-electron chi connectivity index (χ1n) is 11.2. The molecule has 0 aliphatic carbocycles. The maximum Gasteiger partial charge on any atom is 0.335 e. The molecule has 2 aromatic carbocycles. The monoisotopic (exact) mass is 462 g/mol. The number of hydrogen-bond donors (Lipinski definition) is 2. The van der Waals surface area contributed by atoms with E-state index >= 15 is 0 Å². The van der Waals surface area contributed by atoms with E-state index in [1.807, 2.05) is 0 Å². The quantitative estimate of drug-likeness (QED) is 0.366. The highest BCUT2D eigenvalue weighted by Gasteiger charge is 2.18. The lowest BCUT2D eigenvalue weighted by atomic mass is 10.0. The minimum absolute atomic E-state index is 0.0978. The van der Waals surface area contributed by atoms with Crippen LogP contribution in [0.1, 0.15) is 60.5 Å². The molecule has 0 aliphatic heterocycles. The third-order valence-electron chi connectivity index (χ3n) is 5.34. The number of hydrogen-bond acceptors (Lipinski definition) is 3. The predicted octanol–water partition coefficient (Wildman–Crippen LogP) is 5.86. The van der Waals surface area contributed by atoms with Gasteiger partial charge in [0.1, 0.15) is 11.6 Å². The number of carbonyl (C=O) groups is 2. The molecule has 2 rings (SSSR count). The third-order valence-corrected chi connectivity index (χ3v) is 5.34. The lowest BCUT2D eigenvalue weighted by molar-refractivity contribution is 0.0695. The summed E-state index contributed by atoms with van der Waals surface area (Å²) < 4.78 is 32.3. The van der Waals surface area contributed by atoms with Crippen molar-refractivity contribution in [2.24, 2.45) is 0 Å². The van der Waals surface area contributed by atoms with E-state index in [-0.39, 0.29) is 17.8 Å². The molecular weight excluding hydrogens is 430 g/mol. The summed E-state index contributed by atoms with van der Waals surface area (Å²) in [5.74, 6) is -2.59. The Labute approximate surface area is 193 Å². The van der Waals surface area contributed by atoms with E-state index in [1.54, 1.807) is 24.1 Å². The Bertz CT molecular complexity index is 937. The molecule has 2 N–H and O–H groups in total. The van der Waals surface area contributed by atoms with E-state index in [4.69, 9.17) is 4.74 Å². The number of rotatable bonds is 13. The molecule has 2 aromatic rings. The highest BCUT2D eigenvalue weighted by atomic mass is 19.1. The molecule has 0 heterocycles. The van der Waals surface area contributed by atoms with Gasteiger partial charge in [0.15, 0.2) is 0 Å². The summed E-state index contributed by atoms with van der Waals surface area (Å²) >= 11 is 0. The van der Waals surface area contributed by atoms with Gasteiger partial charge in [0.2, 0.25) is 0 Å². The van der Waals surface area contributed by atoms with Crippen LogP contribution in [-0.2, 0) is 17.7 Å². The van der Waals surface area contributed by atoms with Gasteiger partial charge in [-0.3, -0.25) is 0 Å². The number of ether oxygens (including phenoxy) is 1. The fourth-order valence-electron chi connectivity index (χ4n) is 3.54. The zero-order valence-corrected chi connectivity index (χ0v) is 19.2. The molecule has 8 heteroatoms. The summed E-state index contributed by atoms with van der Waals surface area (Å²) in [4.78, 5) is 26.0. The van der Waals surface area contributed by atoms with Crippen LogP contribution in [-0.4, -0.2) is 42.3 Å². The standard InChI is InChI=1S/C25H32F2N2O4/c1-3-4-5-6-7-13-29(25(32)28-23-11-9-20(26)16-22(23)27)17-18-8-10-21(24(30)31)19(15-18)12-14-33-2/h8-11,15-16H,3-7,12-14,17H2,1-2H3,(H,28,32)(H,30,31). The molecule has 0 aromatic heterocycles. The van der Waals surface area contributed by atoms with Crippen LogP contribution in [0.4, 0.5) is 19.3 Å². The van der Waals surface area contributed by atoms with Crippen molar-refractivity contribution in [3.63, 3.8) is 0 Å². The number of urea groups is 1.